The lowest BCUT2D eigenvalue weighted by molar-refractivity contribution is 0.312. The maximum absolute atomic E-state index is 10.1. The van der Waals surface area contributed by atoms with Crippen molar-refractivity contribution in [2.45, 2.75) is 0 Å². The highest BCUT2D eigenvalue weighted by atomic mass is 35.5. The van der Waals surface area contributed by atoms with Crippen molar-refractivity contribution in [1.82, 2.24) is 14.9 Å². The first kappa shape index (κ1) is 16.9. The summed E-state index contributed by atoms with van der Waals surface area (Å²) < 4.78 is 0. The molecule has 0 unspecified atom stereocenters. The molecule has 0 bridgehead atoms. The van der Waals surface area contributed by atoms with E-state index in [-0.39, 0.29) is 5.75 Å². The Labute approximate surface area is 157 Å². The molecule has 0 spiro atoms. The standard InChI is InChI=1S/C19H20ClN5O/c1-24-8-10-25(11-9-24)18-14-4-2-3-5-15(14)21-19(23-18)22-16-12-13(20)6-7-17(16)26/h2-7,12,26H,8-11H2,1H3,(H,21,22,23). The molecule has 26 heavy (non-hydrogen) atoms. The van der Waals surface area contributed by atoms with E-state index in [1.165, 1.54) is 0 Å². The molecule has 2 heterocycles. The predicted molar refractivity (Wildman–Crippen MR) is 106 cm³/mol. The second kappa shape index (κ2) is 6.97. The third kappa shape index (κ3) is 3.38. The van der Waals surface area contributed by atoms with E-state index in [0.717, 1.165) is 42.9 Å². The van der Waals surface area contributed by atoms with Gasteiger partial charge in [0.15, 0.2) is 0 Å². The Morgan fingerprint density at radius 1 is 1.04 bits per heavy atom. The van der Waals surface area contributed by atoms with E-state index < -0.39 is 0 Å². The summed E-state index contributed by atoms with van der Waals surface area (Å²) in [4.78, 5) is 13.9. The number of phenolic OH excluding ortho intramolecular Hbond substituents is 1. The van der Waals surface area contributed by atoms with E-state index in [2.05, 4.69) is 27.1 Å². The Morgan fingerprint density at radius 3 is 2.62 bits per heavy atom. The van der Waals surface area contributed by atoms with Crippen LogP contribution >= 0.6 is 11.6 Å². The molecule has 2 N–H and O–H groups in total. The average Bonchev–Trinajstić information content (AvgIpc) is 2.65. The van der Waals surface area contributed by atoms with Gasteiger partial charge in [-0.15, -0.1) is 0 Å². The molecule has 0 aliphatic carbocycles. The highest BCUT2D eigenvalue weighted by Gasteiger charge is 2.19. The molecule has 3 aromatic rings. The smallest absolute Gasteiger partial charge is 0.229 e. The zero-order valence-electron chi connectivity index (χ0n) is 14.5. The second-order valence-corrected chi connectivity index (χ2v) is 6.90. The topological polar surface area (TPSA) is 64.5 Å². The zero-order chi connectivity index (χ0) is 18.1. The van der Waals surface area contributed by atoms with Crippen LogP contribution in [0.15, 0.2) is 42.5 Å². The number of likely N-dealkylation sites (N-methyl/N-ethyl adjacent to an activating group) is 1. The number of phenols is 1. The number of benzene rings is 2. The number of hydrogen-bond acceptors (Lipinski definition) is 6. The molecule has 1 aliphatic heterocycles. The van der Waals surface area contributed by atoms with Crippen molar-refractivity contribution in [1.29, 1.82) is 0 Å². The molecule has 2 aromatic carbocycles. The van der Waals surface area contributed by atoms with Crippen molar-refractivity contribution in [3.63, 3.8) is 0 Å². The number of nitrogens with one attached hydrogen (secondary N) is 1. The van der Waals surface area contributed by atoms with Crippen LogP contribution < -0.4 is 10.2 Å². The number of fused-ring (bicyclic) bond motifs is 1. The number of rotatable bonds is 3. The fraction of sp³-hybridized carbons (Fsp3) is 0.263. The van der Waals surface area contributed by atoms with Crippen molar-refractivity contribution in [2.24, 2.45) is 0 Å². The van der Waals surface area contributed by atoms with Gasteiger partial charge < -0.3 is 20.2 Å². The number of piperazine rings is 1. The molecule has 1 saturated heterocycles. The molecule has 1 fully saturated rings. The monoisotopic (exact) mass is 369 g/mol. The summed E-state index contributed by atoms with van der Waals surface area (Å²) in [5.74, 6) is 1.45. The fourth-order valence-corrected chi connectivity index (χ4v) is 3.28. The van der Waals surface area contributed by atoms with Crippen LogP contribution in [0.2, 0.25) is 5.02 Å². The van der Waals surface area contributed by atoms with Crippen molar-refractivity contribution in [3.8, 4) is 5.75 Å². The van der Waals surface area contributed by atoms with E-state index in [9.17, 15) is 5.11 Å². The highest BCUT2D eigenvalue weighted by Crippen LogP contribution is 2.31. The third-order valence-electron chi connectivity index (χ3n) is 4.59. The summed E-state index contributed by atoms with van der Waals surface area (Å²) in [6, 6.07) is 12.8. The van der Waals surface area contributed by atoms with Crippen LogP contribution in [0.3, 0.4) is 0 Å². The molecule has 6 nitrogen and oxygen atoms in total. The molecule has 0 radical (unpaired) electrons. The number of anilines is 3. The highest BCUT2D eigenvalue weighted by molar-refractivity contribution is 6.31. The maximum atomic E-state index is 10.1. The SMILES string of the molecule is CN1CCN(c2nc(Nc3cc(Cl)ccc3O)nc3ccccc23)CC1. The Kier molecular flexibility index (Phi) is 4.53. The lowest BCUT2D eigenvalue weighted by Gasteiger charge is -2.33. The van der Waals surface area contributed by atoms with Gasteiger partial charge in [0.25, 0.3) is 0 Å². The van der Waals surface area contributed by atoms with Crippen LogP contribution in [0.5, 0.6) is 5.75 Å². The molecule has 4 rings (SSSR count). The van der Waals surface area contributed by atoms with Gasteiger partial charge in [-0.05, 0) is 37.4 Å². The molecule has 134 valence electrons. The molecule has 0 atom stereocenters. The molecule has 0 saturated carbocycles. The predicted octanol–water partition coefficient (Wildman–Crippen LogP) is 3.48. The van der Waals surface area contributed by atoms with Gasteiger partial charge in [0, 0.05) is 36.6 Å². The maximum Gasteiger partial charge on any atom is 0.229 e. The first-order valence-corrected chi connectivity index (χ1v) is 8.94. The van der Waals surface area contributed by atoms with E-state index in [0.29, 0.717) is 16.7 Å². The van der Waals surface area contributed by atoms with Crippen molar-refractivity contribution in [3.05, 3.63) is 47.5 Å². The van der Waals surface area contributed by atoms with Gasteiger partial charge in [-0.1, -0.05) is 23.7 Å². The average molecular weight is 370 g/mol. The van der Waals surface area contributed by atoms with Crippen LogP contribution in [-0.2, 0) is 0 Å². The van der Waals surface area contributed by atoms with Crippen molar-refractivity contribution >= 4 is 40.0 Å². The molecule has 1 aromatic heterocycles. The van der Waals surface area contributed by atoms with Crippen LogP contribution in [0.4, 0.5) is 17.5 Å². The van der Waals surface area contributed by atoms with E-state index in [4.69, 9.17) is 16.6 Å². The summed E-state index contributed by atoms with van der Waals surface area (Å²) in [5.41, 5.74) is 1.34. The molecular formula is C19H20ClN5O. The Morgan fingerprint density at radius 2 is 1.81 bits per heavy atom. The minimum absolute atomic E-state index is 0.104. The summed E-state index contributed by atoms with van der Waals surface area (Å²) in [7, 11) is 2.13. The van der Waals surface area contributed by atoms with E-state index in [1.54, 1.807) is 18.2 Å². The number of aromatic hydroxyl groups is 1. The first-order chi connectivity index (χ1) is 12.6. The summed E-state index contributed by atoms with van der Waals surface area (Å²) >= 11 is 6.04. The number of nitrogens with zero attached hydrogens (tertiary/aromatic N) is 4. The van der Waals surface area contributed by atoms with Gasteiger partial charge in [0.2, 0.25) is 5.95 Å². The van der Waals surface area contributed by atoms with Crippen LogP contribution in [-0.4, -0.2) is 53.2 Å². The Balaban J connectivity index is 1.75. The Hall–Kier alpha value is -2.57. The van der Waals surface area contributed by atoms with Gasteiger partial charge in [0.05, 0.1) is 11.2 Å². The molecule has 7 heteroatoms. The van der Waals surface area contributed by atoms with Gasteiger partial charge >= 0.3 is 0 Å². The summed E-state index contributed by atoms with van der Waals surface area (Å²) in [6.07, 6.45) is 0. The van der Waals surface area contributed by atoms with E-state index in [1.807, 2.05) is 24.3 Å². The Bertz CT molecular complexity index is 940. The van der Waals surface area contributed by atoms with Crippen LogP contribution in [0, 0.1) is 0 Å². The number of aromatic nitrogens is 2. The minimum atomic E-state index is 0.104. The summed E-state index contributed by atoms with van der Waals surface area (Å²) in [6.45, 7) is 3.82. The zero-order valence-corrected chi connectivity index (χ0v) is 15.2. The third-order valence-corrected chi connectivity index (χ3v) is 4.83. The number of para-hydroxylation sites is 1. The van der Waals surface area contributed by atoms with Crippen molar-refractivity contribution < 1.29 is 5.11 Å². The second-order valence-electron chi connectivity index (χ2n) is 6.46. The fourth-order valence-electron chi connectivity index (χ4n) is 3.10. The van der Waals surface area contributed by atoms with Crippen LogP contribution in [0.25, 0.3) is 10.9 Å². The quantitative estimate of drug-likeness (QED) is 0.689. The van der Waals surface area contributed by atoms with Gasteiger partial charge in [0.1, 0.15) is 11.6 Å². The van der Waals surface area contributed by atoms with Crippen molar-refractivity contribution in [2.75, 3.05) is 43.4 Å². The molecule has 0 amide bonds. The van der Waals surface area contributed by atoms with Gasteiger partial charge in [-0.3, -0.25) is 0 Å². The lowest BCUT2D eigenvalue weighted by atomic mass is 10.2. The molecule has 1 aliphatic rings. The summed E-state index contributed by atoms with van der Waals surface area (Å²) in [5, 5.41) is 14.7. The normalized spacial score (nSPS) is 15.4. The van der Waals surface area contributed by atoms with E-state index >= 15 is 0 Å². The first-order valence-electron chi connectivity index (χ1n) is 8.56. The minimum Gasteiger partial charge on any atom is -0.506 e. The van der Waals surface area contributed by atoms with Gasteiger partial charge in [-0.25, -0.2) is 4.98 Å². The van der Waals surface area contributed by atoms with Gasteiger partial charge in [-0.2, -0.15) is 4.98 Å². The number of hydrogen-bond donors (Lipinski definition) is 2. The molecular weight excluding hydrogens is 350 g/mol. The number of halogens is 1. The van der Waals surface area contributed by atoms with Crippen LogP contribution in [0.1, 0.15) is 0 Å². The largest absolute Gasteiger partial charge is 0.506 e. The lowest BCUT2D eigenvalue weighted by Crippen LogP contribution is -2.45.